The van der Waals surface area contributed by atoms with Gasteiger partial charge >= 0.3 is 0 Å². The summed E-state index contributed by atoms with van der Waals surface area (Å²) in [7, 11) is 2.02. The van der Waals surface area contributed by atoms with Crippen molar-refractivity contribution in [1.82, 2.24) is 20.1 Å². The van der Waals surface area contributed by atoms with E-state index in [-0.39, 0.29) is 6.61 Å². The Morgan fingerprint density at radius 2 is 2.07 bits per heavy atom. The van der Waals surface area contributed by atoms with Crippen LogP contribution in [-0.4, -0.2) is 77.8 Å². The van der Waals surface area contributed by atoms with E-state index in [2.05, 4.69) is 26.2 Å². The summed E-state index contributed by atoms with van der Waals surface area (Å²) >= 11 is 0. The van der Waals surface area contributed by atoms with Gasteiger partial charge in [-0.25, -0.2) is 4.63 Å². The van der Waals surface area contributed by atoms with E-state index >= 15 is 0 Å². The molecule has 8 nitrogen and oxygen atoms in total. The van der Waals surface area contributed by atoms with Gasteiger partial charge in [0.05, 0.1) is 13.2 Å². The van der Waals surface area contributed by atoms with Crippen LogP contribution >= 0.6 is 0 Å². The maximum atomic E-state index is 10.2. The van der Waals surface area contributed by atoms with Crippen molar-refractivity contribution in [3.05, 3.63) is 41.2 Å². The van der Waals surface area contributed by atoms with E-state index in [1.54, 1.807) is 0 Å². The molecule has 0 aliphatic carbocycles. The molecule has 2 heterocycles. The molecule has 27 heavy (non-hydrogen) atoms. The van der Waals surface area contributed by atoms with Crippen LogP contribution in [0.2, 0.25) is 0 Å². The van der Waals surface area contributed by atoms with Gasteiger partial charge in [0.2, 0.25) is 0 Å². The number of β-amino-alcohol motifs (C(OH)–C–C–N with tert-alkyl or cyclic N) is 1. The van der Waals surface area contributed by atoms with Crippen molar-refractivity contribution in [1.29, 1.82) is 0 Å². The molecular weight excluding hydrogens is 348 g/mol. The molecule has 1 aromatic heterocycles. The smallest absolute Gasteiger partial charge is 0.122 e. The monoisotopic (exact) mass is 376 g/mol. The minimum absolute atomic E-state index is 0.278. The number of nitrogens with zero attached hydrogens (tertiary/aromatic N) is 4. The van der Waals surface area contributed by atoms with E-state index in [1.165, 1.54) is 0 Å². The molecule has 0 unspecified atom stereocenters. The molecule has 0 radical (unpaired) electrons. The lowest BCUT2D eigenvalue weighted by Gasteiger charge is -2.28. The van der Waals surface area contributed by atoms with E-state index < -0.39 is 6.10 Å². The van der Waals surface area contributed by atoms with Gasteiger partial charge in [0.25, 0.3) is 0 Å². The first kappa shape index (κ1) is 19.8. The topological polar surface area (TPSA) is 84.1 Å². The molecule has 2 aromatic rings. The summed E-state index contributed by atoms with van der Waals surface area (Å²) in [6, 6.07) is 7.94. The van der Waals surface area contributed by atoms with Gasteiger partial charge in [0.1, 0.15) is 29.8 Å². The summed E-state index contributed by atoms with van der Waals surface area (Å²) in [6.45, 7) is 7.37. The second-order valence-electron chi connectivity index (χ2n) is 6.99. The first-order valence-electron chi connectivity index (χ1n) is 9.26. The van der Waals surface area contributed by atoms with Crippen LogP contribution in [0.25, 0.3) is 0 Å². The highest BCUT2D eigenvalue weighted by Gasteiger charge is 2.15. The zero-order chi connectivity index (χ0) is 19.1. The molecule has 1 fully saturated rings. The van der Waals surface area contributed by atoms with E-state index in [1.807, 2.05) is 32.2 Å². The second kappa shape index (κ2) is 9.80. The summed E-state index contributed by atoms with van der Waals surface area (Å²) in [5.41, 5.74) is 2.79. The van der Waals surface area contributed by atoms with Crippen LogP contribution in [0.3, 0.4) is 0 Å². The molecule has 8 heteroatoms. The Hall–Kier alpha value is -2.00. The van der Waals surface area contributed by atoms with Crippen molar-refractivity contribution in [3.63, 3.8) is 0 Å². The molecule has 1 N–H and O–H groups in total. The predicted octanol–water partition coefficient (Wildman–Crippen LogP) is 1.08. The van der Waals surface area contributed by atoms with Crippen molar-refractivity contribution in [3.8, 4) is 5.75 Å². The largest absolute Gasteiger partial charge is 0.491 e. The number of aromatic nitrogens is 2. The number of aliphatic hydroxyl groups is 1. The average Bonchev–Trinajstić information content (AvgIpc) is 3.06. The lowest BCUT2D eigenvalue weighted by molar-refractivity contribution is 0.00464. The van der Waals surface area contributed by atoms with Gasteiger partial charge in [0, 0.05) is 32.7 Å². The molecule has 0 spiro atoms. The second-order valence-corrected chi connectivity index (χ2v) is 6.99. The summed E-state index contributed by atoms with van der Waals surface area (Å²) < 4.78 is 15.9. The van der Waals surface area contributed by atoms with Gasteiger partial charge in [-0.2, -0.15) is 0 Å². The van der Waals surface area contributed by atoms with Crippen molar-refractivity contribution in [2.45, 2.75) is 26.1 Å². The summed E-state index contributed by atoms with van der Waals surface area (Å²) in [4.78, 5) is 4.34. The fraction of sp³-hybridized carbons (Fsp3) is 0.579. The number of ether oxygens (including phenoxy) is 2. The number of benzene rings is 1. The molecule has 0 saturated carbocycles. The zero-order valence-corrected chi connectivity index (χ0v) is 16.0. The first-order chi connectivity index (χ1) is 13.1. The highest BCUT2D eigenvalue weighted by molar-refractivity contribution is 5.28. The van der Waals surface area contributed by atoms with E-state index in [0.29, 0.717) is 13.1 Å². The van der Waals surface area contributed by atoms with Gasteiger partial charge in [-0.15, -0.1) is 0 Å². The molecule has 0 amide bonds. The van der Waals surface area contributed by atoms with E-state index in [0.717, 1.165) is 55.5 Å². The number of hydrogen-bond donors (Lipinski definition) is 1. The van der Waals surface area contributed by atoms with Crippen molar-refractivity contribution in [2.24, 2.45) is 0 Å². The third-order valence-corrected chi connectivity index (χ3v) is 4.53. The molecule has 1 atom stereocenters. The number of rotatable bonds is 9. The van der Waals surface area contributed by atoms with Crippen molar-refractivity contribution < 1.29 is 19.2 Å². The zero-order valence-electron chi connectivity index (χ0n) is 16.0. The molecule has 1 aliphatic rings. The number of morpholine rings is 1. The van der Waals surface area contributed by atoms with E-state index in [4.69, 9.17) is 14.1 Å². The average molecular weight is 376 g/mol. The number of aliphatic hydroxyl groups excluding tert-OH is 1. The Balaban J connectivity index is 1.45. The molecule has 148 valence electrons. The van der Waals surface area contributed by atoms with Crippen LogP contribution in [-0.2, 0) is 17.8 Å². The van der Waals surface area contributed by atoms with Crippen LogP contribution in [0, 0.1) is 6.92 Å². The quantitative estimate of drug-likeness (QED) is 0.696. The van der Waals surface area contributed by atoms with Gasteiger partial charge in [-0.05, 0) is 31.7 Å². The van der Waals surface area contributed by atoms with Crippen LogP contribution in [0.1, 0.15) is 17.0 Å². The fourth-order valence-corrected chi connectivity index (χ4v) is 3.08. The maximum Gasteiger partial charge on any atom is 0.122 e. The van der Waals surface area contributed by atoms with Crippen molar-refractivity contribution in [2.75, 3.05) is 46.5 Å². The fourth-order valence-electron chi connectivity index (χ4n) is 3.08. The van der Waals surface area contributed by atoms with Gasteiger partial charge in [-0.1, -0.05) is 22.4 Å². The third-order valence-electron chi connectivity index (χ3n) is 4.53. The Morgan fingerprint density at radius 3 is 2.81 bits per heavy atom. The SMILES string of the molecule is Cc1nonc1CN(C)Cc1cccc(OC[C@@H](O)CN2CCOCC2)c1. The van der Waals surface area contributed by atoms with Gasteiger partial charge in [0.15, 0.2) is 0 Å². The summed E-state index contributed by atoms with van der Waals surface area (Å²) in [5, 5.41) is 17.9. The molecule has 1 aromatic carbocycles. The van der Waals surface area contributed by atoms with Crippen molar-refractivity contribution >= 4 is 0 Å². The van der Waals surface area contributed by atoms with Crippen LogP contribution in [0.5, 0.6) is 5.75 Å². The summed E-state index contributed by atoms with van der Waals surface area (Å²) in [6.07, 6.45) is -0.517. The third kappa shape index (κ3) is 6.28. The Morgan fingerprint density at radius 1 is 1.26 bits per heavy atom. The van der Waals surface area contributed by atoms with E-state index in [9.17, 15) is 5.11 Å². The van der Waals surface area contributed by atoms with Gasteiger partial charge in [-0.3, -0.25) is 9.80 Å². The molecule has 3 rings (SSSR count). The standard InChI is InChI=1S/C19H28N4O4/c1-15-19(21-27-20-15)13-22(2)11-16-4-3-5-18(10-16)26-14-17(24)12-23-6-8-25-9-7-23/h3-5,10,17,24H,6-9,11-14H2,1-2H3/t17-/m0/s1. The molecule has 0 bridgehead atoms. The minimum Gasteiger partial charge on any atom is -0.491 e. The van der Waals surface area contributed by atoms with Gasteiger partial charge < -0.3 is 14.6 Å². The number of aryl methyl sites for hydroxylation is 1. The normalized spacial score (nSPS) is 16.6. The molecule has 1 aliphatic heterocycles. The molecular formula is C19H28N4O4. The first-order valence-corrected chi connectivity index (χ1v) is 9.26. The Labute approximate surface area is 159 Å². The lowest BCUT2D eigenvalue weighted by atomic mass is 10.2. The Bertz CT molecular complexity index is 703. The Kier molecular flexibility index (Phi) is 7.17. The highest BCUT2D eigenvalue weighted by atomic mass is 16.6. The maximum absolute atomic E-state index is 10.2. The lowest BCUT2D eigenvalue weighted by Crippen LogP contribution is -2.42. The van der Waals surface area contributed by atoms with Crippen LogP contribution in [0.4, 0.5) is 0 Å². The molecule has 1 saturated heterocycles. The summed E-state index contributed by atoms with van der Waals surface area (Å²) in [5.74, 6) is 0.765. The predicted molar refractivity (Wildman–Crippen MR) is 99.4 cm³/mol. The van der Waals surface area contributed by atoms with Crippen LogP contribution in [0.15, 0.2) is 28.9 Å². The van der Waals surface area contributed by atoms with Crippen LogP contribution < -0.4 is 4.74 Å². The minimum atomic E-state index is -0.517. The number of hydrogen-bond acceptors (Lipinski definition) is 8. The highest BCUT2D eigenvalue weighted by Crippen LogP contribution is 2.16.